The molecule has 0 aromatic heterocycles. The molecule has 0 heterocycles. The van der Waals surface area contributed by atoms with Crippen molar-refractivity contribution in [3.63, 3.8) is 0 Å². The number of benzene rings is 9. The molecule has 0 nitrogen and oxygen atoms in total. The molecule has 0 saturated carbocycles. The van der Waals surface area contributed by atoms with Crippen molar-refractivity contribution in [3.05, 3.63) is 273 Å². The molecule has 59 heavy (non-hydrogen) atoms. The zero-order chi connectivity index (χ0) is 38.7. The minimum absolute atomic E-state index is 0. The summed E-state index contributed by atoms with van der Waals surface area (Å²) in [5.74, 6) is 0. The Morgan fingerprint density at radius 3 is 0.322 bits per heavy atom. The van der Waals surface area contributed by atoms with Gasteiger partial charge in [-0.15, -0.1) is 0 Å². The van der Waals surface area contributed by atoms with E-state index in [4.69, 9.17) is 0 Å². The van der Waals surface area contributed by atoms with Crippen LogP contribution in [0.15, 0.2) is 273 Å². The van der Waals surface area contributed by atoms with Crippen molar-refractivity contribution in [1.29, 1.82) is 0 Å². The Morgan fingerprint density at radius 1 is 0.153 bits per heavy atom. The monoisotopic (exact) mass is 972 g/mol. The second kappa shape index (κ2) is 25.2. The van der Waals surface area contributed by atoms with Gasteiger partial charge in [0.1, 0.15) is 0 Å². The molecule has 0 N–H and O–H groups in total. The number of rotatable bonds is 9. The fraction of sp³-hybridized carbons (Fsp3) is 0. The molecule has 0 aliphatic heterocycles. The van der Waals surface area contributed by atoms with Crippen molar-refractivity contribution >= 4 is 71.5 Å². The Balaban J connectivity index is 0.000000165. The molecule has 294 valence electrons. The first-order chi connectivity index (χ1) is 28.3. The second-order valence-corrected chi connectivity index (χ2v) is 19.7. The molecule has 9 rings (SSSR count). The van der Waals surface area contributed by atoms with E-state index in [2.05, 4.69) is 273 Å². The first-order valence-electron chi connectivity index (χ1n) is 19.2. The maximum absolute atomic E-state index is 2.23. The van der Waals surface area contributed by atoms with Crippen LogP contribution in [-0.2, 0) is 22.4 Å². The maximum atomic E-state index is 2.23. The molecular weight excluding hydrogens is 929 g/mol. The van der Waals surface area contributed by atoms with Crippen molar-refractivity contribution in [3.8, 4) is 0 Å². The average molecular weight is 975 g/mol. The first-order valence-corrected chi connectivity index (χ1v) is 23.2. The summed E-state index contributed by atoms with van der Waals surface area (Å²) in [4.78, 5) is 0. The van der Waals surface area contributed by atoms with E-state index >= 15 is 0 Å². The third-order valence-corrected chi connectivity index (χ3v) is 16.5. The molecule has 0 bridgehead atoms. The van der Waals surface area contributed by atoms with Crippen LogP contribution in [0.4, 0.5) is 0 Å². The summed E-state index contributed by atoms with van der Waals surface area (Å²) in [5.41, 5.74) is 0. The summed E-state index contributed by atoms with van der Waals surface area (Å²) in [6.07, 6.45) is 0. The molecule has 0 atom stereocenters. The first kappa shape index (κ1) is 45.6. The summed E-state index contributed by atoms with van der Waals surface area (Å²) in [6.45, 7) is 0. The van der Waals surface area contributed by atoms with Gasteiger partial charge in [0.05, 0.1) is 0 Å². The van der Waals surface area contributed by atoms with Crippen LogP contribution in [-0.4, -0.2) is 0 Å². The number of hydrogen-bond acceptors (Lipinski definition) is 0. The van der Waals surface area contributed by atoms with E-state index in [1.807, 2.05) is 0 Å². The van der Waals surface area contributed by atoms with Crippen LogP contribution in [0.25, 0.3) is 0 Å². The smallest absolute Gasteiger partial charge is 1.00 e. The van der Waals surface area contributed by atoms with Crippen LogP contribution < -0.4 is 64.7 Å². The Kier molecular flexibility index (Phi) is 19.5. The number of halogens is 1. The third kappa shape index (κ3) is 13.2. The zero-order valence-corrected chi connectivity index (χ0v) is 38.3. The SMILES string of the molecule is [Ag+].[Br-].c1ccc(P(c2ccccc2)c2ccccc2)cc1.c1ccc(P(c2ccccc2)c2ccccc2)cc1.c1ccc(P(c2ccccc2)c2ccccc2)cc1. The van der Waals surface area contributed by atoms with E-state index in [0.29, 0.717) is 0 Å². The van der Waals surface area contributed by atoms with Gasteiger partial charge < -0.3 is 17.0 Å². The molecule has 9 aromatic rings. The van der Waals surface area contributed by atoms with Gasteiger partial charge in [-0.1, -0.05) is 273 Å². The van der Waals surface area contributed by atoms with E-state index in [1.165, 1.54) is 47.7 Å². The molecule has 0 amide bonds. The molecule has 5 heteroatoms. The van der Waals surface area contributed by atoms with Gasteiger partial charge in [-0.05, 0) is 71.5 Å². The van der Waals surface area contributed by atoms with Crippen LogP contribution in [0.2, 0.25) is 0 Å². The van der Waals surface area contributed by atoms with Crippen molar-refractivity contribution in [2.45, 2.75) is 0 Å². The Labute approximate surface area is 381 Å². The van der Waals surface area contributed by atoms with E-state index in [-0.39, 0.29) is 39.4 Å². The second-order valence-electron chi connectivity index (χ2n) is 13.0. The van der Waals surface area contributed by atoms with E-state index in [0.717, 1.165) is 0 Å². The van der Waals surface area contributed by atoms with Gasteiger partial charge in [-0.3, -0.25) is 0 Å². The van der Waals surface area contributed by atoms with Crippen molar-refractivity contribution in [2.75, 3.05) is 0 Å². The van der Waals surface area contributed by atoms with Crippen LogP contribution in [0.1, 0.15) is 0 Å². The Bertz CT molecular complexity index is 1870. The summed E-state index contributed by atoms with van der Waals surface area (Å²) >= 11 is 0. The molecule has 0 radical (unpaired) electrons. The predicted octanol–water partition coefficient (Wildman–Crippen LogP) is 7.34. The molecule has 0 aliphatic rings. The summed E-state index contributed by atoms with van der Waals surface area (Å²) in [5, 5.41) is 12.6. The Hall–Kier alpha value is -4.51. The minimum atomic E-state index is -0.446. The molecular formula is C54H45AgBrP3. The van der Waals surface area contributed by atoms with Crippen LogP contribution in [0.3, 0.4) is 0 Å². The fourth-order valence-corrected chi connectivity index (χ4v) is 13.5. The van der Waals surface area contributed by atoms with Gasteiger partial charge in [0.2, 0.25) is 0 Å². The topological polar surface area (TPSA) is 0 Å². The Morgan fingerprint density at radius 2 is 0.237 bits per heavy atom. The van der Waals surface area contributed by atoms with Gasteiger partial charge in [0.15, 0.2) is 0 Å². The molecule has 9 aromatic carbocycles. The summed E-state index contributed by atoms with van der Waals surface area (Å²) < 4.78 is 0. The van der Waals surface area contributed by atoms with E-state index < -0.39 is 23.8 Å². The fourth-order valence-electron chi connectivity index (χ4n) is 6.54. The molecule has 0 unspecified atom stereocenters. The standard InChI is InChI=1S/3C18H15P.Ag.BrH/c3*1-4-10-16(11-5-1)19(17-12-6-2-7-13-17)18-14-8-3-9-15-18;;/h3*1-15H;;1H/q;;;+1;/p-1. The van der Waals surface area contributed by atoms with E-state index in [1.54, 1.807) is 0 Å². The summed E-state index contributed by atoms with van der Waals surface area (Å²) in [7, 11) is -1.34. The van der Waals surface area contributed by atoms with Gasteiger partial charge in [-0.2, -0.15) is 0 Å². The molecule has 0 fully saturated rings. The van der Waals surface area contributed by atoms with E-state index in [9.17, 15) is 0 Å². The van der Waals surface area contributed by atoms with Crippen molar-refractivity contribution in [2.24, 2.45) is 0 Å². The van der Waals surface area contributed by atoms with Crippen molar-refractivity contribution < 1.29 is 39.4 Å². The minimum Gasteiger partial charge on any atom is -1.00 e. The molecule has 0 spiro atoms. The van der Waals surface area contributed by atoms with Gasteiger partial charge in [0.25, 0.3) is 0 Å². The van der Waals surface area contributed by atoms with Gasteiger partial charge >= 0.3 is 22.4 Å². The van der Waals surface area contributed by atoms with Crippen LogP contribution in [0.5, 0.6) is 0 Å². The van der Waals surface area contributed by atoms with Crippen LogP contribution >= 0.6 is 23.8 Å². The third-order valence-electron chi connectivity index (χ3n) is 9.13. The van der Waals surface area contributed by atoms with Gasteiger partial charge in [0, 0.05) is 0 Å². The normalized spacial score (nSPS) is 10.2. The van der Waals surface area contributed by atoms with Crippen LogP contribution in [0, 0.1) is 0 Å². The zero-order valence-electron chi connectivity index (χ0n) is 32.5. The maximum Gasteiger partial charge on any atom is 1.00 e. The molecule has 0 saturated heterocycles. The van der Waals surface area contributed by atoms with Gasteiger partial charge in [-0.25, -0.2) is 0 Å². The summed E-state index contributed by atoms with van der Waals surface area (Å²) in [6, 6.07) is 97.0. The van der Waals surface area contributed by atoms with Crippen molar-refractivity contribution in [1.82, 2.24) is 0 Å². The molecule has 0 aliphatic carbocycles. The average Bonchev–Trinajstić information content (AvgIpc) is 3.30. The predicted molar refractivity (Wildman–Crippen MR) is 255 cm³/mol. The quantitative estimate of drug-likeness (QED) is 0.105. The number of hydrogen-bond donors (Lipinski definition) is 0. The largest absolute Gasteiger partial charge is 1.00 e.